The third-order valence-corrected chi connectivity index (χ3v) is 5.60. The molecule has 2 fully saturated rings. The number of nitrogens with zero attached hydrogens (tertiary/aromatic N) is 4. The monoisotopic (exact) mass is 499 g/mol. The molecular formula is C22H38IN5. The number of hydrogen-bond donors (Lipinski definition) is 1. The van der Waals surface area contributed by atoms with Gasteiger partial charge in [-0.2, -0.15) is 0 Å². The van der Waals surface area contributed by atoms with Gasteiger partial charge < -0.3 is 15.1 Å². The molecule has 2 saturated heterocycles. The van der Waals surface area contributed by atoms with Crippen LogP contribution in [0.25, 0.3) is 0 Å². The SMILES string of the molecule is CCNC(=NCCCCN1CCN(Cc2ccccc2)CC1)N1CCCC1.I. The summed E-state index contributed by atoms with van der Waals surface area (Å²) in [6, 6.07) is 10.8. The summed E-state index contributed by atoms with van der Waals surface area (Å²) >= 11 is 0. The van der Waals surface area contributed by atoms with Crippen molar-refractivity contribution in [2.75, 3.05) is 58.9 Å². The Morgan fingerprint density at radius 3 is 2.29 bits per heavy atom. The lowest BCUT2D eigenvalue weighted by molar-refractivity contribution is 0.126. The summed E-state index contributed by atoms with van der Waals surface area (Å²) in [6.45, 7) is 13.5. The molecule has 0 unspecified atom stereocenters. The normalized spacial score (nSPS) is 18.9. The molecular weight excluding hydrogens is 461 g/mol. The van der Waals surface area contributed by atoms with E-state index in [0.717, 1.165) is 25.6 Å². The van der Waals surface area contributed by atoms with Crippen LogP contribution in [0.1, 0.15) is 38.2 Å². The van der Waals surface area contributed by atoms with Crippen LogP contribution in [0.15, 0.2) is 35.3 Å². The number of aliphatic imine (C=N–C) groups is 1. The van der Waals surface area contributed by atoms with Crippen LogP contribution in [0.3, 0.4) is 0 Å². The van der Waals surface area contributed by atoms with Crippen molar-refractivity contribution in [3.8, 4) is 0 Å². The standard InChI is InChI=1S/C22H37N5.HI/c1-2-23-22(27-14-8-9-15-27)24-12-6-7-13-25-16-18-26(19-17-25)20-21-10-4-3-5-11-21;/h3-5,10-11H,2,6-9,12-20H2,1H3,(H,23,24);1H. The number of guanidine groups is 1. The van der Waals surface area contributed by atoms with E-state index in [9.17, 15) is 0 Å². The molecule has 5 nitrogen and oxygen atoms in total. The zero-order chi connectivity index (χ0) is 18.7. The highest BCUT2D eigenvalue weighted by molar-refractivity contribution is 14.0. The number of benzene rings is 1. The van der Waals surface area contributed by atoms with Gasteiger partial charge >= 0.3 is 0 Å². The summed E-state index contributed by atoms with van der Waals surface area (Å²) in [7, 11) is 0. The Kier molecular flexibility index (Phi) is 11.2. The molecule has 0 saturated carbocycles. The van der Waals surface area contributed by atoms with E-state index >= 15 is 0 Å². The Hall–Kier alpha value is -0.860. The first kappa shape index (κ1) is 23.4. The Morgan fingerprint density at radius 1 is 0.929 bits per heavy atom. The van der Waals surface area contributed by atoms with Gasteiger partial charge in [0, 0.05) is 58.9 Å². The molecule has 0 radical (unpaired) electrons. The molecule has 2 heterocycles. The van der Waals surface area contributed by atoms with Gasteiger partial charge in [0.2, 0.25) is 0 Å². The number of rotatable bonds is 8. The first-order valence-electron chi connectivity index (χ1n) is 10.9. The second-order valence-corrected chi connectivity index (χ2v) is 7.74. The van der Waals surface area contributed by atoms with Gasteiger partial charge in [0.1, 0.15) is 0 Å². The number of nitrogens with one attached hydrogen (secondary N) is 1. The van der Waals surface area contributed by atoms with E-state index in [4.69, 9.17) is 4.99 Å². The lowest BCUT2D eigenvalue weighted by Crippen LogP contribution is -2.46. The Balaban J connectivity index is 0.00000280. The van der Waals surface area contributed by atoms with Crippen LogP contribution in [0.5, 0.6) is 0 Å². The Morgan fingerprint density at radius 2 is 1.61 bits per heavy atom. The molecule has 0 amide bonds. The fraction of sp³-hybridized carbons (Fsp3) is 0.682. The third kappa shape index (κ3) is 7.87. The van der Waals surface area contributed by atoms with Gasteiger partial charge in [-0.15, -0.1) is 24.0 Å². The zero-order valence-corrected chi connectivity index (χ0v) is 19.8. The van der Waals surface area contributed by atoms with E-state index in [1.54, 1.807) is 0 Å². The van der Waals surface area contributed by atoms with E-state index in [-0.39, 0.29) is 24.0 Å². The second-order valence-electron chi connectivity index (χ2n) is 7.74. The highest BCUT2D eigenvalue weighted by Gasteiger charge is 2.17. The molecule has 6 heteroatoms. The van der Waals surface area contributed by atoms with E-state index < -0.39 is 0 Å². The lowest BCUT2D eigenvalue weighted by atomic mass is 10.2. The topological polar surface area (TPSA) is 34.1 Å². The number of unbranched alkanes of at least 4 members (excludes halogenated alkanes) is 1. The molecule has 0 spiro atoms. The van der Waals surface area contributed by atoms with Crippen molar-refractivity contribution in [3.63, 3.8) is 0 Å². The summed E-state index contributed by atoms with van der Waals surface area (Å²) < 4.78 is 0. The molecule has 3 rings (SSSR count). The summed E-state index contributed by atoms with van der Waals surface area (Å²) in [6.07, 6.45) is 5.05. The highest BCUT2D eigenvalue weighted by atomic mass is 127. The van der Waals surface area contributed by atoms with Crippen LogP contribution in [0, 0.1) is 0 Å². The number of piperazine rings is 1. The highest BCUT2D eigenvalue weighted by Crippen LogP contribution is 2.10. The zero-order valence-electron chi connectivity index (χ0n) is 17.5. The van der Waals surface area contributed by atoms with Crippen LogP contribution < -0.4 is 5.32 Å². The van der Waals surface area contributed by atoms with Crippen LogP contribution in [0.4, 0.5) is 0 Å². The van der Waals surface area contributed by atoms with Gasteiger partial charge in [0.15, 0.2) is 5.96 Å². The smallest absolute Gasteiger partial charge is 0.193 e. The van der Waals surface area contributed by atoms with Gasteiger partial charge in [-0.3, -0.25) is 9.89 Å². The van der Waals surface area contributed by atoms with Crippen molar-refractivity contribution in [2.45, 2.75) is 39.2 Å². The van der Waals surface area contributed by atoms with Crippen molar-refractivity contribution in [3.05, 3.63) is 35.9 Å². The van der Waals surface area contributed by atoms with Gasteiger partial charge in [0.05, 0.1) is 0 Å². The van der Waals surface area contributed by atoms with Crippen molar-refractivity contribution >= 4 is 29.9 Å². The minimum atomic E-state index is 0. The Bertz CT molecular complexity index is 551. The maximum atomic E-state index is 4.84. The molecule has 0 aliphatic carbocycles. The predicted molar refractivity (Wildman–Crippen MR) is 130 cm³/mol. The van der Waals surface area contributed by atoms with Crippen molar-refractivity contribution in [1.29, 1.82) is 0 Å². The first-order valence-corrected chi connectivity index (χ1v) is 10.9. The maximum Gasteiger partial charge on any atom is 0.193 e. The van der Waals surface area contributed by atoms with Crippen molar-refractivity contribution < 1.29 is 0 Å². The molecule has 2 aliphatic heterocycles. The van der Waals surface area contributed by atoms with Gasteiger partial charge in [-0.25, -0.2) is 0 Å². The first-order chi connectivity index (χ1) is 13.3. The molecule has 158 valence electrons. The van der Waals surface area contributed by atoms with Gasteiger partial charge in [0.25, 0.3) is 0 Å². The average molecular weight is 499 g/mol. The van der Waals surface area contributed by atoms with Gasteiger partial charge in [-0.05, 0) is 44.7 Å². The molecule has 28 heavy (non-hydrogen) atoms. The molecule has 0 bridgehead atoms. The quantitative estimate of drug-likeness (QED) is 0.258. The molecule has 1 N–H and O–H groups in total. The van der Waals surface area contributed by atoms with Crippen molar-refractivity contribution in [1.82, 2.24) is 20.0 Å². The molecule has 0 atom stereocenters. The molecule has 0 aromatic heterocycles. The molecule has 2 aliphatic rings. The summed E-state index contributed by atoms with van der Waals surface area (Å²) in [5.74, 6) is 1.13. The molecule has 1 aromatic carbocycles. The fourth-order valence-corrected chi connectivity index (χ4v) is 4.00. The van der Waals surface area contributed by atoms with Crippen LogP contribution in [-0.2, 0) is 6.54 Å². The summed E-state index contributed by atoms with van der Waals surface area (Å²) in [5.41, 5.74) is 1.43. The van der Waals surface area contributed by atoms with E-state index in [1.165, 1.54) is 77.1 Å². The van der Waals surface area contributed by atoms with E-state index in [0.29, 0.717) is 0 Å². The minimum absolute atomic E-state index is 0. The Labute approximate surface area is 188 Å². The van der Waals surface area contributed by atoms with E-state index in [2.05, 4.69) is 57.3 Å². The van der Waals surface area contributed by atoms with Crippen LogP contribution in [-0.4, -0.2) is 79.6 Å². The van der Waals surface area contributed by atoms with Crippen LogP contribution >= 0.6 is 24.0 Å². The largest absolute Gasteiger partial charge is 0.357 e. The van der Waals surface area contributed by atoms with Crippen LogP contribution in [0.2, 0.25) is 0 Å². The maximum absolute atomic E-state index is 4.84. The minimum Gasteiger partial charge on any atom is -0.357 e. The average Bonchev–Trinajstić information content (AvgIpc) is 3.24. The second kappa shape index (κ2) is 13.4. The number of likely N-dealkylation sites (tertiary alicyclic amines) is 1. The summed E-state index contributed by atoms with van der Waals surface area (Å²) in [5, 5.41) is 3.45. The molecule has 1 aromatic rings. The lowest BCUT2D eigenvalue weighted by Gasteiger charge is -2.34. The predicted octanol–water partition coefficient (Wildman–Crippen LogP) is 3.26. The number of halogens is 1. The van der Waals surface area contributed by atoms with Gasteiger partial charge in [-0.1, -0.05) is 30.3 Å². The summed E-state index contributed by atoms with van der Waals surface area (Å²) in [4.78, 5) is 12.5. The third-order valence-electron chi connectivity index (χ3n) is 5.60. The van der Waals surface area contributed by atoms with Crippen molar-refractivity contribution in [2.24, 2.45) is 4.99 Å². The van der Waals surface area contributed by atoms with E-state index in [1.807, 2.05) is 0 Å². The number of hydrogen-bond acceptors (Lipinski definition) is 3. The fourth-order valence-electron chi connectivity index (χ4n) is 4.00.